The molecule has 1 rings (SSSR count). The second-order valence-electron chi connectivity index (χ2n) is 1.38. The molecule has 1 aromatic rings. The van der Waals surface area contributed by atoms with E-state index in [4.69, 9.17) is 0 Å². The number of furan rings is 1. The Bertz CT molecular complexity index is 231. The minimum Gasteiger partial charge on any atom is -0.443 e. The van der Waals surface area contributed by atoms with E-state index in [9.17, 15) is 9.18 Å². The highest BCUT2D eigenvalue weighted by molar-refractivity contribution is 9.10. The normalized spacial score (nSPS) is 9.56. The molecule has 0 fully saturated rings. The van der Waals surface area contributed by atoms with Gasteiger partial charge in [0.05, 0.1) is 0 Å². The van der Waals surface area contributed by atoms with Gasteiger partial charge in [0.1, 0.15) is 0 Å². The number of hydrogen-bond acceptors (Lipinski definition) is 2. The first-order chi connectivity index (χ1) is 4.20. The van der Waals surface area contributed by atoms with Gasteiger partial charge in [-0.25, -0.2) is 0 Å². The molecule has 48 valence electrons. The third kappa shape index (κ3) is 1.38. The van der Waals surface area contributed by atoms with Crippen LogP contribution in [-0.4, -0.2) is 6.04 Å². The molecule has 0 bridgehead atoms. The van der Waals surface area contributed by atoms with Crippen LogP contribution in [0.15, 0.2) is 21.2 Å². The molecular formula is C5H2BrFO2. The largest absolute Gasteiger partial charge is 0.443 e. The lowest BCUT2D eigenvalue weighted by atomic mass is 10.5. The summed E-state index contributed by atoms with van der Waals surface area (Å²) in [7, 11) is 0. The van der Waals surface area contributed by atoms with Crippen molar-refractivity contribution in [1.82, 2.24) is 0 Å². The molecule has 0 aliphatic heterocycles. The van der Waals surface area contributed by atoms with E-state index in [1.54, 1.807) is 0 Å². The molecule has 0 atom stereocenters. The second kappa shape index (κ2) is 2.31. The minimum absolute atomic E-state index is 0.276. The number of halogens is 2. The van der Waals surface area contributed by atoms with Gasteiger partial charge in [-0.15, -0.1) is 0 Å². The number of rotatable bonds is 1. The predicted molar refractivity (Wildman–Crippen MR) is 31.8 cm³/mol. The molecule has 0 saturated carbocycles. The molecule has 4 heteroatoms. The highest BCUT2D eigenvalue weighted by Crippen LogP contribution is 2.14. The van der Waals surface area contributed by atoms with Crippen molar-refractivity contribution in [3.63, 3.8) is 0 Å². The third-order valence-corrected chi connectivity index (χ3v) is 1.19. The van der Waals surface area contributed by atoms with Crippen LogP contribution in [0.2, 0.25) is 0 Å². The summed E-state index contributed by atoms with van der Waals surface area (Å²) >= 11 is 2.91. The van der Waals surface area contributed by atoms with Gasteiger partial charge >= 0.3 is 6.04 Å². The summed E-state index contributed by atoms with van der Waals surface area (Å²) in [6.07, 6.45) is 0. The van der Waals surface area contributed by atoms with Crippen LogP contribution < -0.4 is 0 Å². The molecule has 9 heavy (non-hydrogen) atoms. The first kappa shape index (κ1) is 6.48. The van der Waals surface area contributed by atoms with E-state index >= 15 is 0 Å². The molecule has 0 radical (unpaired) electrons. The Hall–Kier alpha value is -0.640. The lowest BCUT2D eigenvalue weighted by Crippen LogP contribution is -1.82. The van der Waals surface area contributed by atoms with Crippen LogP contribution in [-0.2, 0) is 0 Å². The molecule has 0 N–H and O–H groups in total. The standard InChI is InChI=1S/C5H2BrFO2/c6-4-2-1-3(9-4)5(7)8/h1-2H. The molecule has 2 nitrogen and oxygen atoms in total. The van der Waals surface area contributed by atoms with Gasteiger partial charge in [0.2, 0.25) is 5.76 Å². The lowest BCUT2D eigenvalue weighted by Gasteiger charge is -1.78. The van der Waals surface area contributed by atoms with E-state index < -0.39 is 6.04 Å². The smallest absolute Gasteiger partial charge is 0.367 e. The average Bonchev–Trinajstić information content (AvgIpc) is 2.14. The van der Waals surface area contributed by atoms with E-state index in [1.807, 2.05) is 0 Å². The zero-order chi connectivity index (χ0) is 6.85. The lowest BCUT2D eigenvalue weighted by molar-refractivity contribution is 0.0803. The fraction of sp³-hybridized carbons (Fsp3) is 0. The second-order valence-corrected chi connectivity index (χ2v) is 2.16. The van der Waals surface area contributed by atoms with Gasteiger partial charge in [0.25, 0.3) is 0 Å². The first-order valence-electron chi connectivity index (χ1n) is 2.15. The molecule has 0 amide bonds. The maximum Gasteiger partial charge on any atom is 0.367 e. The van der Waals surface area contributed by atoms with Gasteiger partial charge in [0, 0.05) is 0 Å². The van der Waals surface area contributed by atoms with Gasteiger partial charge in [-0.1, -0.05) is 0 Å². The average molecular weight is 193 g/mol. The summed E-state index contributed by atoms with van der Waals surface area (Å²) in [5.41, 5.74) is 0. The molecular weight excluding hydrogens is 191 g/mol. The molecule has 0 aliphatic rings. The fourth-order valence-corrected chi connectivity index (χ4v) is 0.726. The van der Waals surface area contributed by atoms with Crippen molar-refractivity contribution in [2.45, 2.75) is 0 Å². The van der Waals surface area contributed by atoms with E-state index in [0.29, 0.717) is 4.67 Å². The fourth-order valence-electron chi connectivity index (χ4n) is 0.420. The molecule has 1 heterocycles. The van der Waals surface area contributed by atoms with Crippen LogP contribution in [0.25, 0.3) is 0 Å². The molecule has 0 saturated heterocycles. The van der Waals surface area contributed by atoms with Crippen LogP contribution in [0.5, 0.6) is 0 Å². The van der Waals surface area contributed by atoms with Crippen molar-refractivity contribution >= 4 is 22.0 Å². The third-order valence-electron chi connectivity index (χ3n) is 0.767. The topological polar surface area (TPSA) is 30.2 Å². The zero-order valence-corrected chi connectivity index (χ0v) is 5.81. The maximum absolute atomic E-state index is 11.7. The Labute approximate surface area is 58.8 Å². The molecule has 0 aromatic carbocycles. The van der Waals surface area contributed by atoms with E-state index in [1.165, 1.54) is 12.1 Å². The Kier molecular flexibility index (Phi) is 1.66. The van der Waals surface area contributed by atoms with Crippen molar-refractivity contribution in [2.24, 2.45) is 0 Å². The quantitative estimate of drug-likeness (QED) is 0.639. The minimum atomic E-state index is -1.55. The van der Waals surface area contributed by atoms with Crippen LogP contribution >= 0.6 is 15.9 Å². The number of hydrogen-bond donors (Lipinski definition) is 0. The van der Waals surface area contributed by atoms with E-state index in [0.717, 1.165) is 0 Å². The molecule has 0 unspecified atom stereocenters. The van der Waals surface area contributed by atoms with E-state index in [-0.39, 0.29) is 5.76 Å². The van der Waals surface area contributed by atoms with Crippen molar-refractivity contribution in [1.29, 1.82) is 0 Å². The monoisotopic (exact) mass is 192 g/mol. The Morgan fingerprint density at radius 2 is 2.33 bits per heavy atom. The van der Waals surface area contributed by atoms with Gasteiger partial charge in [-0.3, -0.25) is 4.79 Å². The predicted octanol–water partition coefficient (Wildman–Crippen LogP) is 2.15. The van der Waals surface area contributed by atoms with Crippen LogP contribution in [0.1, 0.15) is 10.6 Å². The van der Waals surface area contributed by atoms with Crippen LogP contribution in [0.4, 0.5) is 4.39 Å². The maximum atomic E-state index is 11.7. The highest BCUT2D eigenvalue weighted by Gasteiger charge is 2.06. The SMILES string of the molecule is O=C(F)c1ccc(Br)o1. The van der Waals surface area contributed by atoms with Gasteiger partial charge in [-0.2, -0.15) is 4.39 Å². The van der Waals surface area contributed by atoms with Gasteiger partial charge in [-0.05, 0) is 28.1 Å². The molecule has 1 aromatic heterocycles. The number of carbonyl (C=O) groups excluding carboxylic acids is 1. The van der Waals surface area contributed by atoms with Gasteiger partial charge < -0.3 is 4.42 Å². The number of carbonyl (C=O) groups is 1. The Morgan fingerprint density at radius 1 is 1.67 bits per heavy atom. The Balaban J connectivity index is 2.98. The summed E-state index contributed by atoms with van der Waals surface area (Å²) in [5.74, 6) is -0.276. The molecule has 0 aliphatic carbocycles. The summed E-state index contributed by atoms with van der Waals surface area (Å²) in [6, 6.07) is 1.15. The highest BCUT2D eigenvalue weighted by atomic mass is 79.9. The summed E-state index contributed by atoms with van der Waals surface area (Å²) < 4.78 is 16.6. The summed E-state index contributed by atoms with van der Waals surface area (Å²) in [5, 5.41) is 0. The van der Waals surface area contributed by atoms with Crippen molar-refractivity contribution in [3.05, 3.63) is 22.6 Å². The van der Waals surface area contributed by atoms with Crippen molar-refractivity contribution < 1.29 is 13.6 Å². The first-order valence-corrected chi connectivity index (χ1v) is 2.94. The van der Waals surface area contributed by atoms with Crippen LogP contribution in [0, 0.1) is 0 Å². The zero-order valence-electron chi connectivity index (χ0n) is 4.23. The Morgan fingerprint density at radius 3 is 2.56 bits per heavy atom. The summed E-state index contributed by atoms with van der Waals surface area (Å²) in [6.45, 7) is 0. The molecule has 0 spiro atoms. The van der Waals surface area contributed by atoms with Gasteiger partial charge in [0.15, 0.2) is 4.67 Å². The van der Waals surface area contributed by atoms with Crippen molar-refractivity contribution in [2.75, 3.05) is 0 Å². The van der Waals surface area contributed by atoms with Crippen molar-refractivity contribution in [3.8, 4) is 0 Å². The van der Waals surface area contributed by atoms with E-state index in [2.05, 4.69) is 20.3 Å². The van der Waals surface area contributed by atoms with Crippen LogP contribution in [0.3, 0.4) is 0 Å². The summed E-state index contributed by atoms with van der Waals surface area (Å²) in [4.78, 5) is 9.88.